The van der Waals surface area contributed by atoms with Crippen LogP contribution < -0.4 is 0 Å². The predicted octanol–water partition coefficient (Wildman–Crippen LogP) is 5.17. The number of ether oxygens (including phenoxy) is 4. The molecule has 5 rings (SSSR count). The Kier molecular flexibility index (Phi) is 4.40. The number of hydrogen-bond donors (Lipinski definition) is 0. The molecule has 5 nitrogen and oxygen atoms in total. The minimum atomic E-state index is -0.595. The summed E-state index contributed by atoms with van der Waals surface area (Å²) < 4.78 is 25.2. The average Bonchev–Trinajstić information content (AvgIpc) is 2.89. The Labute approximate surface area is 175 Å². The van der Waals surface area contributed by atoms with Crippen LogP contribution in [0.1, 0.15) is 73.6 Å². The Balaban J connectivity index is 1.70. The number of carbonyl (C=O) groups excluding carboxylic acids is 1. The Bertz CT molecular complexity index is 689. The smallest absolute Gasteiger partial charge is 0.424 e. The molecule has 0 aromatic carbocycles. The Morgan fingerprint density at radius 3 is 2.55 bits per heavy atom. The van der Waals surface area contributed by atoms with Gasteiger partial charge < -0.3 is 18.9 Å². The number of fused-ring (bicyclic) bond motifs is 1. The van der Waals surface area contributed by atoms with Gasteiger partial charge in [0.15, 0.2) is 17.0 Å². The lowest BCUT2D eigenvalue weighted by molar-refractivity contribution is -0.352. The third-order valence-corrected chi connectivity index (χ3v) is 9.35. The minimum Gasteiger partial charge on any atom is -0.424 e. The highest BCUT2D eigenvalue weighted by Crippen LogP contribution is 2.67. The van der Waals surface area contributed by atoms with E-state index < -0.39 is 23.1 Å². The maximum Gasteiger partial charge on any atom is 0.509 e. The second kappa shape index (κ2) is 6.35. The highest BCUT2D eigenvalue weighted by molar-refractivity contribution is 5.65. The summed E-state index contributed by atoms with van der Waals surface area (Å²) in [5, 5.41) is 0. The fraction of sp³-hybridized carbons (Fsp3) is 0.958. The Morgan fingerprint density at radius 1 is 1.07 bits per heavy atom. The van der Waals surface area contributed by atoms with Gasteiger partial charge in [-0.15, -0.1) is 0 Å². The first-order valence-corrected chi connectivity index (χ1v) is 11.8. The zero-order valence-electron chi connectivity index (χ0n) is 18.9. The van der Waals surface area contributed by atoms with Crippen LogP contribution in [-0.4, -0.2) is 35.9 Å². The molecule has 3 aliphatic carbocycles. The molecule has 0 aromatic rings. The van der Waals surface area contributed by atoms with Crippen LogP contribution in [0.2, 0.25) is 0 Å². The lowest BCUT2D eigenvalue weighted by atomic mass is 9.44. The zero-order chi connectivity index (χ0) is 20.8. The number of carbonyl (C=O) groups is 1. The highest BCUT2D eigenvalue weighted by atomic mass is 16.8. The van der Waals surface area contributed by atoms with Crippen LogP contribution >= 0.6 is 0 Å². The van der Waals surface area contributed by atoms with Crippen molar-refractivity contribution in [3.8, 4) is 0 Å². The first-order chi connectivity index (χ1) is 13.6. The number of rotatable bonds is 1. The fourth-order valence-corrected chi connectivity index (χ4v) is 8.07. The minimum absolute atomic E-state index is 0.0579. The zero-order valence-corrected chi connectivity index (χ0v) is 18.9. The average molecular weight is 407 g/mol. The summed E-state index contributed by atoms with van der Waals surface area (Å²) in [6.45, 7) is 14.0. The molecule has 1 unspecified atom stereocenters. The Morgan fingerprint density at radius 2 is 1.83 bits per heavy atom. The van der Waals surface area contributed by atoms with E-state index in [4.69, 9.17) is 18.9 Å². The van der Waals surface area contributed by atoms with Crippen LogP contribution in [-0.2, 0) is 18.9 Å². The molecule has 0 amide bonds. The van der Waals surface area contributed by atoms with Gasteiger partial charge in [-0.3, -0.25) is 0 Å². The molecule has 1 spiro atoms. The van der Waals surface area contributed by atoms with E-state index in [2.05, 4.69) is 27.7 Å². The normalized spacial score (nSPS) is 53.2. The molecule has 9 atom stereocenters. The SMILES string of the molecule is CC(C)[C@H]1CC[C@H](C)[C@@H]2CC[C@@]3(C)OC(=O)O[C@@]34C2[C@@H]2OC(C)(C)OC[C@@H]2C[C@@H]14. The van der Waals surface area contributed by atoms with E-state index in [1.54, 1.807) is 0 Å². The van der Waals surface area contributed by atoms with Gasteiger partial charge in [0.05, 0.1) is 12.7 Å². The van der Waals surface area contributed by atoms with Gasteiger partial charge in [-0.1, -0.05) is 27.2 Å². The monoisotopic (exact) mass is 406 g/mol. The van der Waals surface area contributed by atoms with Crippen LogP contribution in [0.15, 0.2) is 0 Å². The van der Waals surface area contributed by atoms with Crippen molar-refractivity contribution in [2.75, 3.05) is 6.61 Å². The first kappa shape index (κ1) is 20.1. The molecule has 4 bridgehead atoms. The lowest BCUT2D eigenvalue weighted by Crippen LogP contribution is -2.74. The van der Waals surface area contributed by atoms with Crippen molar-refractivity contribution >= 4 is 6.16 Å². The summed E-state index contributed by atoms with van der Waals surface area (Å²) in [7, 11) is 0. The van der Waals surface area contributed by atoms with E-state index in [-0.39, 0.29) is 12.0 Å². The maximum absolute atomic E-state index is 12.7. The van der Waals surface area contributed by atoms with E-state index in [9.17, 15) is 4.79 Å². The summed E-state index contributed by atoms with van der Waals surface area (Å²) in [4.78, 5) is 12.7. The molecule has 29 heavy (non-hydrogen) atoms. The summed E-state index contributed by atoms with van der Waals surface area (Å²) >= 11 is 0. The second-order valence-electron chi connectivity index (χ2n) is 11.6. The molecule has 2 heterocycles. The molecular weight excluding hydrogens is 368 g/mol. The summed E-state index contributed by atoms with van der Waals surface area (Å²) in [6.07, 6.45) is 5.00. The van der Waals surface area contributed by atoms with Crippen molar-refractivity contribution in [2.24, 2.45) is 41.4 Å². The van der Waals surface area contributed by atoms with Gasteiger partial charge in [0, 0.05) is 17.8 Å². The third-order valence-electron chi connectivity index (χ3n) is 9.35. The van der Waals surface area contributed by atoms with Crippen LogP contribution in [0.25, 0.3) is 0 Å². The largest absolute Gasteiger partial charge is 0.509 e. The topological polar surface area (TPSA) is 54.0 Å². The van der Waals surface area contributed by atoms with Crippen molar-refractivity contribution in [2.45, 2.75) is 96.7 Å². The molecule has 5 fully saturated rings. The predicted molar refractivity (Wildman–Crippen MR) is 108 cm³/mol. The molecule has 0 aromatic heterocycles. The van der Waals surface area contributed by atoms with Crippen LogP contribution in [0.3, 0.4) is 0 Å². The molecule has 5 aliphatic rings. The third kappa shape index (κ3) is 2.68. The standard InChI is InChI=1S/C24H38O5/c1-13(2)16-8-7-14(3)17-9-10-23(6)24(29-21(25)28-23)18(16)11-15-12-26-22(4,5)27-20(15)19(17)24/h13-20H,7-12H2,1-6H3/t14-,15-,16+,17-,18-,19?,20+,23+,24-/m0/s1. The van der Waals surface area contributed by atoms with Gasteiger partial charge in [-0.05, 0) is 70.1 Å². The quantitative estimate of drug-likeness (QED) is 0.563. The van der Waals surface area contributed by atoms with Gasteiger partial charge in [-0.25, -0.2) is 4.79 Å². The van der Waals surface area contributed by atoms with E-state index in [0.29, 0.717) is 35.5 Å². The molecule has 3 saturated carbocycles. The summed E-state index contributed by atoms with van der Waals surface area (Å²) in [5.41, 5.74) is -1.14. The van der Waals surface area contributed by atoms with Gasteiger partial charge in [0.25, 0.3) is 0 Å². The van der Waals surface area contributed by atoms with Crippen molar-refractivity contribution in [3.63, 3.8) is 0 Å². The van der Waals surface area contributed by atoms with Gasteiger partial charge >= 0.3 is 6.16 Å². The Hall–Kier alpha value is -0.810. The van der Waals surface area contributed by atoms with E-state index >= 15 is 0 Å². The summed E-state index contributed by atoms with van der Waals surface area (Å²) in [5.74, 6) is 2.39. The molecule has 5 heteroatoms. The highest BCUT2D eigenvalue weighted by Gasteiger charge is 2.76. The van der Waals surface area contributed by atoms with Crippen LogP contribution in [0.4, 0.5) is 4.79 Å². The van der Waals surface area contributed by atoms with Gasteiger partial charge in [0.2, 0.25) is 0 Å². The maximum atomic E-state index is 12.7. The molecule has 0 N–H and O–H groups in total. The summed E-state index contributed by atoms with van der Waals surface area (Å²) in [6, 6.07) is 0. The van der Waals surface area contributed by atoms with Gasteiger partial charge in [-0.2, -0.15) is 0 Å². The fourth-order valence-electron chi connectivity index (χ4n) is 8.07. The second-order valence-corrected chi connectivity index (χ2v) is 11.6. The van der Waals surface area contributed by atoms with Crippen molar-refractivity contribution in [3.05, 3.63) is 0 Å². The molecule has 0 radical (unpaired) electrons. The first-order valence-electron chi connectivity index (χ1n) is 11.8. The van der Waals surface area contributed by atoms with Crippen molar-refractivity contribution in [1.82, 2.24) is 0 Å². The van der Waals surface area contributed by atoms with E-state index in [1.807, 2.05) is 13.8 Å². The molecule has 2 saturated heterocycles. The van der Waals surface area contributed by atoms with Crippen molar-refractivity contribution in [1.29, 1.82) is 0 Å². The van der Waals surface area contributed by atoms with Gasteiger partial charge in [0.1, 0.15) is 0 Å². The number of hydrogen-bond acceptors (Lipinski definition) is 5. The lowest BCUT2D eigenvalue weighted by Gasteiger charge is -2.65. The molecule has 2 aliphatic heterocycles. The van der Waals surface area contributed by atoms with Crippen LogP contribution in [0.5, 0.6) is 0 Å². The van der Waals surface area contributed by atoms with Crippen LogP contribution in [0, 0.1) is 41.4 Å². The molecular formula is C24H38O5. The van der Waals surface area contributed by atoms with E-state index in [0.717, 1.165) is 25.9 Å². The molecule has 164 valence electrons. The van der Waals surface area contributed by atoms with Crippen molar-refractivity contribution < 1.29 is 23.7 Å². The van der Waals surface area contributed by atoms with E-state index in [1.165, 1.54) is 12.8 Å².